The van der Waals surface area contributed by atoms with Gasteiger partial charge in [0.25, 0.3) is 0 Å². The number of benzene rings is 2. The van der Waals surface area contributed by atoms with Gasteiger partial charge in [-0.25, -0.2) is 0 Å². The minimum Gasteiger partial charge on any atom is -0.493 e. The molecule has 0 amide bonds. The Labute approximate surface area is 161 Å². The molecule has 2 rings (SSSR count). The zero-order valence-corrected chi connectivity index (χ0v) is 16.7. The quantitative estimate of drug-likeness (QED) is 0.689. The molecule has 148 valence electrons. The van der Waals surface area contributed by atoms with Crippen LogP contribution in [-0.2, 0) is 6.54 Å². The Morgan fingerprint density at radius 1 is 0.926 bits per heavy atom. The number of hydrogen-bond donors (Lipinski definition) is 1. The molecule has 0 aromatic heterocycles. The first-order valence-electron chi connectivity index (χ1n) is 8.83. The first-order chi connectivity index (χ1) is 13.0. The number of methoxy groups -OCH3 is 3. The van der Waals surface area contributed by atoms with Crippen LogP contribution in [0.5, 0.6) is 23.0 Å². The van der Waals surface area contributed by atoms with Gasteiger partial charge in [-0.05, 0) is 31.7 Å². The highest BCUT2D eigenvalue weighted by Gasteiger charge is 2.18. The van der Waals surface area contributed by atoms with E-state index in [1.54, 1.807) is 21.3 Å². The number of para-hydroxylation sites is 1. The van der Waals surface area contributed by atoms with E-state index in [2.05, 4.69) is 0 Å². The van der Waals surface area contributed by atoms with E-state index in [1.165, 1.54) is 0 Å². The van der Waals surface area contributed by atoms with Crippen molar-refractivity contribution in [1.82, 2.24) is 4.90 Å². The van der Waals surface area contributed by atoms with Crippen molar-refractivity contribution < 1.29 is 24.1 Å². The summed E-state index contributed by atoms with van der Waals surface area (Å²) in [6, 6.07) is 11.6. The van der Waals surface area contributed by atoms with Crippen LogP contribution in [0.2, 0.25) is 0 Å². The van der Waals surface area contributed by atoms with E-state index in [9.17, 15) is 5.11 Å². The molecule has 27 heavy (non-hydrogen) atoms. The van der Waals surface area contributed by atoms with Gasteiger partial charge in [-0.3, -0.25) is 4.90 Å². The molecule has 0 aliphatic carbocycles. The Hall–Kier alpha value is -2.44. The average Bonchev–Trinajstić information content (AvgIpc) is 2.66. The first-order valence-corrected chi connectivity index (χ1v) is 8.83. The van der Waals surface area contributed by atoms with Crippen molar-refractivity contribution in [2.75, 3.05) is 41.5 Å². The lowest BCUT2D eigenvalue weighted by molar-refractivity contribution is 0.0739. The summed E-state index contributed by atoms with van der Waals surface area (Å²) in [7, 11) is 6.72. The fraction of sp³-hybridized carbons (Fsp3) is 0.429. The predicted molar refractivity (Wildman–Crippen MR) is 105 cm³/mol. The van der Waals surface area contributed by atoms with E-state index in [-0.39, 0.29) is 6.61 Å². The molecule has 1 N–H and O–H groups in total. The fourth-order valence-corrected chi connectivity index (χ4v) is 2.96. The summed E-state index contributed by atoms with van der Waals surface area (Å²) in [5, 5.41) is 10.3. The fourth-order valence-electron chi connectivity index (χ4n) is 2.96. The average molecular weight is 375 g/mol. The molecule has 0 radical (unpaired) electrons. The molecular weight excluding hydrogens is 346 g/mol. The SMILES string of the molecule is COc1ccc(CN(C)CC(O)COc2ccccc2C)c(OC)c1OC. The molecule has 0 saturated heterocycles. The monoisotopic (exact) mass is 375 g/mol. The van der Waals surface area contributed by atoms with Crippen molar-refractivity contribution in [1.29, 1.82) is 0 Å². The van der Waals surface area contributed by atoms with Crippen molar-refractivity contribution in [2.24, 2.45) is 0 Å². The van der Waals surface area contributed by atoms with Gasteiger partial charge in [0.15, 0.2) is 11.5 Å². The second-order valence-corrected chi connectivity index (χ2v) is 6.42. The number of ether oxygens (including phenoxy) is 4. The van der Waals surface area contributed by atoms with Crippen LogP contribution in [-0.4, -0.2) is 57.6 Å². The molecule has 0 saturated carbocycles. The van der Waals surface area contributed by atoms with Gasteiger partial charge in [0.2, 0.25) is 5.75 Å². The van der Waals surface area contributed by atoms with Gasteiger partial charge in [0.05, 0.1) is 21.3 Å². The highest BCUT2D eigenvalue weighted by atomic mass is 16.5. The van der Waals surface area contributed by atoms with Gasteiger partial charge >= 0.3 is 0 Å². The molecule has 1 unspecified atom stereocenters. The van der Waals surface area contributed by atoms with E-state index in [4.69, 9.17) is 18.9 Å². The van der Waals surface area contributed by atoms with E-state index < -0.39 is 6.10 Å². The zero-order chi connectivity index (χ0) is 19.8. The van der Waals surface area contributed by atoms with Crippen molar-refractivity contribution in [3.8, 4) is 23.0 Å². The number of aliphatic hydroxyl groups excluding tert-OH is 1. The Balaban J connectivity index is 1.96. The van der Waals surface area contributed by atoms with E-state index in [1.807, 2.05) is 55.3 Å². The Morgan fingerprint density at radius 2 is 1.63 bits per heavy atom. The second kappa shape index (κ2) is 10.0. The lowest BCUT2D eigenvalue weighted by Gasteiger charge is -2.23. The maximum Gasteiger partial charge on any atom is 0.203 e. The van der Waals surface area contributed by atoms with Crippen molar-refractivity contribution in [2.45, 2.75) is 19.6 Å². The Morgan fingerprint density at radius 3 is 2.26 bits per heavy atom. The second-order valence-electron chi connectivity index (χ2n) is 6.42. The van der Waals surface area contributed by atoms with Crippen LogP contribution in [0.3, 0.4) is 0 Å². The smallest absolute Gasteiger partial charge is 0.203 e. The van der Waals surface area contributed by atoms with Gasteiger partial charge in [0, 0.05) is 18.7 Å². The van der Waals surface area contributed by atoms with E-state index in [0.29, 0.717) is 30.3 Å². The minimum absolute atomic E-state index is 0.234. The summed E-state index contributed by atoms with van der Waals surface area (Å²) in [4.78, 5) is 2.01. The molecule has 0 bridgehead atoms. The Kier molecular flexibility index (Phi) is 7.76. The van der Waals surface area contributed by atoms with Crippen LogP contribution in [0.1, 0.15) is 11.1 Å². The molecule has 6 nitrogen and oxygen atoms in total. The van der Waals surface area contributed by atoms with Gasteiger partial charge < -0.3 is 24.1 Å². The maximum absolute atomic E-state index is 10.3. The van der Waals surface area contributed by atoms with Crippen LogP contribution in [0, 0.1) is 6.92 Å². The van der Waals surface area contributed by atoms with Crippen molar-refractivity contribution >= 4 is 0 Å². The topological polar surface area (TPSA) is 60.4 Å². The molecule has 6 heteroatoms. The molecular formula is C21H29NO5. The third-order valence-corrected chi connectivity index (χ3v) is 4.27. The lowest BCUT2D eigenvalue weighted by Crippen LogP contribution is -2.33. The van der Waals surface area contributed by atoms with Crippen molar-refractivity contribution in [3.63, 3.8) is 0 Å². The summed E-state index contributed by atoms with van der Waals surface area (Å²) in [5.74, 6) is 2.61. The normalized spacial score (nSPS) is 12.0. The van der Waals surface area contributed by atoms with Crippen LogP contribution < -0.4 is 18.9 Å². The Bertz CT molecular complexity index is 735. The molecule has 0 aliphatic rings. The summed E-state index contributed by atoms with van der Waals surface area (Å²) in [6.45, 7) is 3.27. The molecule has 2 aromatic carbocycles. The molecule has 0 heterocycles. The number of rotatable bonds is 10. The highest BCUT2D eigenvalue weighted by Crippen LogP contribution is 2.40. The first kappa shape index (κ1) is 20.9. The number of nitrogens with zero attached hydrogens (tertiary/aromatic N) is 1. The molecule has 2 aromatic rings. The largest absolute Gasteiger partial charge is 0.493 e. The third-order valence-electron chi connectivity index (χ3n) is 4.27. The van der Waals surface area contributed by atoms with Gasteiger partial charge in [-0.1, -0.05) is 24.3 Å². The number of aryl methyl sites for hydroxylation is 1. The maximum atomic E-state index is 10.3. The van der Waals surface area contributed by atoms with Crippen LogP contribution >= 0.6 is 0 Å². The van der Waals surface area contributed by atoms with Crippen LogP contribution in [0.25, 0.3) is 0 Å². The summed E-state index contributed by atoms with van der Waals surface area (Å²) >= 11 is 0. The van der Waals surface area contributed by atoms with E-state index in [0.717, 1.165) is 16.9 Å². The number of likely N-dealkylation sites (N-methyl/N-ethyl adjacent to an activating group) is 1. The minimum atomic E-state index is -0.610. The zero-order valence-electron chi connectivity index (χ0n) is 16.7. The van der Waals surface area contributed by atoms with E-state index >= 15 is 0 Å². The molecule has 1 atom stereocenters. The van der Waals surface area contributed by atoms with Crippen LogP contribution in [0.4, 0.5) is 0 Å². The summed E-state index contributed by atoms with van der Waals surface area (Å²) < 4.78 is 22.0. The summed E-state index contributed by atoms with van der Waals surface area (Å²) in [5.41, 5.74) is 2.00. The molecule has 0 spiro atoms. The lowest BCUT2D eigenvalue weighted by atomic mass is 10.1. The third kappa shape index (κ3) is 5.52. The summed E-state index contributed by atoms with van der Waals surface area (Å²) in [6.07, 6.45) is -0.610. The van der Waals surface area contributed by atoms with Crippen LogP contribution in [0.15, 0.2) is 36.4 Å². The molecule has 0 aliphatic heterocycles. The standard InChI is InChI=1S/C21H29NO5/c1-15-8-6-7-9-18(15)27-14-17(23)13-22(2)12-16-10-11-19(24-3)21(26-5)20(16)25-4/h6-11,17,23H,12-14H2,1-5H3. The van der Waals surface area contributed by atoms with Gasteiger partial charge in [-0.2, -0.15) is 0 Å². The molecule has 0 fully saturated rings. The predicted octanol–water partition coefficient (Wildman–Crippen LogP) is 2.89. The van der Waals surface area contributed by atoms with Crippen molar-refractivity contribution in [3.05, 3.63) is 47.5 Å². The highest BCUT2D eigenvalue weighted by molar-refractivity contribution is 5.55. The number of hydrogen-bond acceptors (Lipinski definition) is 6. The van der Waals surface area contributed by atoms with Gasteiger partial charge in [-0.15, -0.1) is 0 Å². The van der Waals surface area contributed by atoms with Gasteiger partial charge in [0.1, 0.15) is 18.5 Å². The number of aliphatic hydroxyl groups is 1.